The van der Waals surface area contributed by atoms with E-state index in [1.54, 1.807) is 6.07 Å². The highest BCUT2D eigenvalue weighted by atomic mass is 16.2. The van der Waals surface area contributed by atoms with Crippen LogP contribution in [0.5, 0.6) is 0 Å². The number of carbonyl (C=O) groups excluding carboxylic acids is 3. The van der Waals surface area contributed by atoms with Crippen LogP contribution in [0.4, 0.5) is 0 Å². The van der Waals surface area contributed by atoms with Gasteiger partial charge >= 0.3 is 0 Å². The number of hydrazine groups is 1. The summed E-state index contributed by atoms with van der Waals surface area (Å²) in [5.74, 6) is -1.16. The van der Waals surface area contributed by atoms with Crippen LogP contribution in [-0.4, -0.2) is 24.3 Å². The molecule has 0 saturated heterocycles. The van der Waals surface area contributed by atoms with Gasteiger partial charge in [0.15, 0.2) is 0 Å². The van der Waals surface area contributed by atoms with Crippen LogP contribution >= 0.6 is 0 Å². The number of hydrogen-bond acceptors (Lipinski definition) is 3. The van der Waals surface area contributed by atoms with Gasteiger partial charge < -0.3 is 5.32 Å². The number of benzene rings is 2. The lowest BCUT2D eigenvalue weighted by Gasteiger charge is -2.10. The van der Waals surface area contributed by atoms with Gasteiger partial charge in [0.2, 0.25) is 5.91 Å². The Labute approximate surface area is 146 Å². The number of amides is 3. The molecule has 0 aliphatic carbocycles. The molecule has 0 fully saturated rings. The molecule has 3 amide bonds. The van der Waals surface area contributed by atoms with Gasteiger partial charge in [0, 0.05) is 5.56 Å². The molecule has 0 heterocycles. The number of hydrogen-bond donors (Lipinski definition) is 3. The standard InChI is InChI=1S/C19H21N3O3/c1-13-8-9-16(14(2)10-13)19(25)22-21-18(24)12-20-17(23)11-15-6-4-3-5-7-15/h3-10H,11-12H2,1-2H3,(H,20,23)(H,21,24)(H,22,25). The molecule has 0 saturated carbocycles. The van der Waals surface area contributed by atoms with Crippen LogP contribution in [0.3, 0.4) is 0 Å². The van der Waals surface area contributed by atoms with E-state index in [1.165, 1.54) is 0 Å². The fraction of sp³-hybridized carbons (Fsp3) is 0.211. The second kappa shape index (κ2) is 8.63. The Morgan fingerprint density at radius 3 is 2.28 bits per heavy atom. The van der Waals surface area contributed by atoms with Gasteiger partial charge in [-0.15, -0.1) is 0 Å². The van der Waals surface area contributed by atoms with Crippen LogP contribution in [0.25, 0.3) is 0 Å². The summed E-state index contributed by atoms with van der Waals surface area (Å²) < 4.78 is 0. The zero-order chi connectivity index (χ0) is 18.2. The topological polar surface area (TPSA) is 87.3 Å². The zero-order valence-corrected chi connectivity index (χ0v) is 14.3. The van der Waals surface area contributed by atoms with Crippen LogP contribution in [0.1, 0.15) is 27.0 Å². The molecule has 25 heavy (non-hydrogen) atoms. The Balaban J connectivity index is 1.75. The molecule has 2 rings (SSSR count). The minimum absolute atomic E-state index is 0.197. The van der Waals surface area contributed by atoms with E-state index in [-0.39, 0.29) is 18.9 Å². The molecule has 0 unspecified atom stereocenters. The zero-order valence-electron chi connectivity index (χ0n) is 14.3. The average Bonchev–Trinajstić information content (AvgIpc) is 2.58. The average molecular weight is 339 g/mol. The van der Waals surface area contributed by atoms with E-state index in [2.05, 4.69) is 16.2 Å². The Bertz CT molecular complexity index is 773. The molecule has 0 aliphatic rings. The molecule has 0 radical (unpaired) electrons. The van der Waals surface area contributed by atoms with E-state index >= 15 is 0 Å². The summed E-state index contributed by atoms with van der Waals surface area (Å²) in [7, 11) is 0. The maximum Gasteiger partial charge on any atom is 0.269 e. The molecular formula is C19H21N3O3. The van der Waals surface area contributed by atoms with Crippen LogP contribution < -0.4 is 16.2 Å². The van der Waals surface area contributed by atoms with Gasteiger partial charge in [-0.05, 0) is 31.0 Å². The van der Waals surface area contributed by atoms with Crippen molar-refractivity contribution in [3.8, 4) is 0 Å². The van der Waals surface area contributed by atoms with Crippen molar-refractivity contribution in [2.75, 3.05) is 6.54 Å². The van der Waals surface area contributed by atoms with Gasteiger partial charge in [0.1, 0.15) is 0 Å². The highest BCUT2D eigenvalue weighted by Gasteiger charge is 2.11. The van der Waals surface area contributed by atoms with Crippen molar-refractivity contribution in [3.63, 3.8) is 0 Å². The predicted molar refractivity (Wildman–Crippen MR) is 94.7 cm³/mol. The van der Waals surface area contributed by atoms with E-state index in [0.29, 0.717) is 5.56 Å². The Morgan fingerprint density at radius 1 is 0.880 bits per heavy atom. The second-order valence-electron chi connectivity index (χ2n) is 5.76. The van der Waals surface area contributed by atoms with Gasteiger partial charge in [0.05, 0.1) is 13.0 Å². The first-order valence-corrected chi connectivity index (χ1v) is 7.93. The molecule has 6 nitrogen and oxygen atoms in total. The normalized spacial score (nSPS) is 10.0. The van der Waals surface area contributed by atoms with Gasteiger partial charge in [0.25, 0.3) is 11.8 Å². The number of aryl methyl sites for hydroxylation is 2. The van der Waals surface area contributed by atoms with Crippen molar-refractivity contribution >= 4 is 17.7 Å². The van der Waals surface area contributed by atoms with Crippen molar-refractivity contribution in [3.05, 3.63) is 70.8 Å². The lowest BCUT2D eigenvalue weighted by Crippen LogP contribution is -2.46. The minimum atomic E-state index is -0.500. The summed E-state index contributed by atoms with van der Waals surface area (Å²) in [6.07, 6.45) is 0.197. The first kappa shape index (κ1) is 18.2. The third-order valence-corrected chi connectivity index (χ3v) is 3.60. The maximum atomic E-state index is 12.0. The summed E-state index contributed by atoms with van der Waals surface area (Å²) in [4.78, 5) is 35.6. The van der Waals surface area contributed by atoms with Crippen molar-refractivity contribution < 1.29 is 14.4 Å². The number of carbonyl (C=O) groups is 3. The quantitative estimate of drug-likeness (QED) is 0.720. The van der Waals surface area contributed by atoms with Gasteiger partial charge in [-0.25, -0.2) is 0 Å². The first-order chi connectivity index (χ1) is 12.0. The SMILES string of the molecule is Cc1ccc(C(=O)NNC(=O)CNC(=O)Cc2ccccc2)c(C)c1. The highest BCUT2D eigenvalue weighted by molar-refractivity contribution is 5.97. The Hall–Kier alpha value is -3.15. The molecule has 0 aromatic heterocycles. The predicted octanol–water partition coefficient (Wildman–Crippen LogP) is 1.42. The molecular weight excluding hydrogens is 318 g/mol. The monoisotopic (exact) mass is 339 g/mol. The van der Waals surface area contributed by atoms with Crippen molar-refractivity contribution in [2.45, 2.75) is 20.3 Å². The summed E-state index contributed by atoms with van der Waals surface area (Å²) in [5.41, 5.74) is 7.86. The first-order valence-electron chi connectivity index (χ1n) is 7.93. The largest absolute Gasteiger partial charge is 0.347 e. The van der Waals surface area contributed by atoms with E-state index in [1.807, 2.05) is 56.3 Å². The third kappa shape index (κ3) is 5.76. The van der Waals surface area contributed by atoms with Gasteiger partial charge in [-0.1, -0.05) is 48.0 Å². The van der Waals surface area contributed by atoms with E-state index < -0.39 is 11.8 Å². The van der Waals surface area contributed by atoms with Crippen LogP contribution in [0.2, 0.25) is 0 Å². The second-order valence-corrected chi connectivity index (χ2v) is 5.76. The van der Waals surface area contributed by atoms with Crippen molar-refractivity contribution in [1.29, 1.82) is 0 Å². The molecule has 2 aromatic rings. The molecule has 6 heteroatoms. The molecule has 0 atom stereocenters. The van der Waals surface area contributed by atoms with Gasteiger partial charge in [-0.3, -0.25) is 25.2 Å². The summed E-state index contributed by atoms with van der Waals surface area (Å²) in [5, 5.41) is 2.51. The van der Waals surface area contributed by atoms with Crippen LogP contribution in [-0.2, 0) is 16.0 Å². The van der Waals surface area contributed by atoms with E-state index in [9.17, 15) is 14.4 Å². The van der Waals surface area contributed by atoms with Crippen molar-refractivity contribution in [2.24, 2.45) is 0 Å². The maximum absolute atomic E-state index is 12.0. The van der Waals surface area contributed by atoms with E-state index in [0.717, 1.165) is 16.7 Å². The lowest BCUT2D eigenvalue weighted by atomic mass is 10.1. The summed E-state index contributed by atoms with van der Waals surface area (Å²) in [6, 6.07) is 14.7. The molecule has 3 N–H and O–H groups in total. The summed E-state index contributed by atoms with van der Waals surface area (Å²) in [6.45, 7) is 3.56. The highest BCUT2D eigenvalue weighted by Crippen LogP contribution is 2.09. The fourth-order valence-electron chi connectivity index (χ4n) is 2.33. The molecule has 0 spiro atoms. The van der Waals surface area contributed by atoms with Gasteiger partial charge in [-0.2, -0.15) is 0 Å². The summed E-state index contributed by atoms with van der Waals surface area (Å²) >= 11 is 0. The van der Waals surface area contributed by atoms with E-state index in [4.69, 9.17) is 0 Å². The molecule has 130 valence electrons. The Kier molecular flexibility index (Phi) is 6.28. The number of rotatable bonds is 5. The minimum Gasteiger partial charge on any atom is -0.347 e. The molecule has 0 aliphatic heterocycles. The van der Waals surface area contributed by atoms with Crippen LogP contribution in [0.15, 0.2) is 48.5 Å². The molecule has 0 bridgehead atoms. The molecule has 2 aromatic carbocycles. The Morgan fingerprint density at radius 2 is 1.60 bits per heavy atom. The fourth-order valence-corrected chi connectivity index (χ4v) is 2.33. The van der Waals surface area contributed by atoms with Crippen molar-refractivity contribution in [1.82, 2.24) is 16.2 Å². The lowest BCUT2D eigenvalue weighted by molar-refractivity contribution is -0.126. The number of nitrogens with one attached hydrogen (secondary N) is 3. The third-order valence-electron chi connectivity index (χ3n) is 3.60. The van der Waals surface area contributed by atoms with Crippen LogP contribution in [0, 0.1) is 13.8 Å². The smallest absolute Gasteiger partial charge is 0.269 e.